The highest BCUT2D eigenvalue weighted by atomic mass is 19.1. The van der Waals surface area contributed by atoms with Gasteiger partial charge in [-0.1, -0.05) is 0 Å². The number of hydrogen-bond donors (Lipinski definition) is 2. The Bertz CT molecular complexity index is 423. The van der Waals surface area contributed by atoms with Crippen LogP contribution in [0.4, 0.5) is 4.39 Å². The SMILES string of the molecule is CC1(C)OCC(CNCc2cc(F)ccc2O)O1. The van der Waals surface area contributed by atoms with Crippen molar-refractivity contribution >= 4 is 0 Å². The number of benzene rings is 1. The van der Waals surface area contributed by atoms with E-state index in [0.29, 0.717) is 25.3 Å². The van der Waals surface area contributed by atoms with Crippen LogP contribution in [0.5, 0.6) is 5.75 Å². The number of hydrogen-bond acceptors (Lipinski definition) is 4. The van der Waals surface area contributed by atoms with Crippen molar-refractivity contribution in [3.05, 3.63) is 29.6 Å². The Labute approximate surface area is 106 Å². The van der Waals surface area contributed by atoms with Crippen LogP contribution < -0.4 is 5.32 Å². The van der Waals surface area contributed by atoms with E-state index in [1.807, 2.05) is 13.8 Å². The van der Waals surface area contributed by atoms with E-state index < -0.39 is 5.79 Å². The second-order valence-corrected chi connectivity index (χ2v) is 4.85. The first-order chi connectivity index (χ1) is 8.46. The van der Waals surface area contributed by atoms with E-state index in [0.717, 1.165) is 0 Å². The number of nitrogens with one attached hydrogen (secondary N) is 1. The molecule has 1 saturated heterocycles. The standard InChI is InChI=1S/C13H18FNO3/c1-13(2)17-8-11(18-13)7-15-6-9-5-10(14)3-4-12(9)16/h3-5,11,15-16H,6-8H2,1-2H3. The summed E-state index contributed by atoms with van der Waals surface area (Å²) in [7, 11) is 0. The van der Waals surface area contributed by atoms with Gasteiger partial charge < -0.3 is 19.9 Å². The lowest BCUT2D eigenvalue weighted by molar-refractivity contribution is -0.137. The first kappa shape index (κ1) is 13.3. The summed E-state index contributed by atoms with van der Waals surface area (Å²) < 4.78 is 24.0. The van der Waals surface area contributed by atoms with Gasteiger partial charge in [-0.15, -0.1) is 0 Å². The molecule has 4 nitrogen and oxygen atoms in total. The molecule has 0 radical (unpaired) electrons. The van der Waals surface area contributed by atoms with Gasteiger partial charge in [-0.2, -0.15) is 0 Å². The summed E-state index contributed by atoms with van der Waals surface area (Å²) in [6.45, 7) is 5.26. The number of halogens is 1. The maximum absolute atomic E-state index is 13.0. The predicted octanol–water partition coefficient (Wildman–Crippen LogP) is 1.77. The summed E-state index contributed by atoms with van der Waals surface area (Å²) in [5, 5.41) is 12.7. The van der Waals surface area contributed by atoms with Gasteiger partial charge in [0, 0.05) is 18.7 Å². The Morgan fingerprint density at radius 3 is 2.94 bits per heavy atom. The van der Waals surface area contributed by atoms with Gasteiger partial charge >= 0.3 is 0 Å². The van der Waals surface area contributed by atoms with Gasteiger partial charge in [0.05, 0.1) is 12.7 Å². The number of aromatic hydroxyl groups is 1. The quantitative estimate of drug-likeness (QED) is 0.861. The molecule has 1 fully saturated rings. The molecule has 1 heterocycles. The molecule has 0 spiro atoms. The highest BCUT2D eigenvalue weighted by Crippen LogP contribution is 2.22. The van der Waals surface area contributed by atoms with Crippen molar-refractivity contribution in [2.24, 2.45) is 0 Å². The average Bonchev–Trinajstić information content (AvgIpc) is 2.63. The Morgan fingerprint density at radius 1 is 1.50 bits per heavy atom. The van der Waals surface area contributed by atoms with Crippen molar-refractivity contribution in [3.63, 3.8) is 0 Å². The summed E-state index contributed by atoms with van der Waals surface area (Å²) in [5.74, 6) is -0.799. The Hall–Kier alpha value is -1.17. The fourth-order valence-corrected chi connectivity index (χ4v) is 1.93. The average molecular weight is 255 g/mol. The largest absolute Gasteiger partial charge is 0.508 e. The molecule has 0 aromatic heterocycles. The normalized spacial score (nSPS) is 22.3. The van der Waals surface area contributed by atoms with Crippen LogP contribution in [-0.4, -0.2) is 30.1 Å². The highest BCUT2D eigenvalue weighted by molar-refractivity contribution is 5.32. The van der Waals surface area contributed by atoms with E-state index in [1.165, 1.54) is 18.2 Å². The number of phenols is 1. The van der Waals surface area contributed by atoms with Crippen molar-refractivity contribution in [2.45, 2.75) is 32.3 Å². The monoisotopic (exact) mass is 255 g/mol. The molecule has 1 aliphatic heterocycles. The number of ether oxygens (including phenoxy) is 2. The van der Waals surface area contributed by atoms with Gasteiger partial charge in [0.1, 0.15) is 11.6 Å². The zero-order chi connectivity index (χ0) is 13.2. The molecule has 2 N–H and O–H groups in total. The van der Waals surface area contributed by atoms with Gasteiger partial charge in [-0.05, 0) is 32.0 Å². The van der Waals surface area contributed by atoms with Crippen LogP contribution in [0, 0.1) is 5.82 Å². The molecule has 1 atom stereocenters. The van der Waals surface area contributed by atoms with Crippen molar-refractivity contribution in [3.8, 4) is 5.75 Å². The van der Waals surface area contributed by atoms with Crippen molar-refractivity contribution in [1.82, 2.24) is 5.32 Å². The maximum atomic E-state index is 13.0. The van der Waals surface area contributed by atoms with E-state index >= 15 is 0 Å². The summed E-state index contributed by atoms with van der Waals surface area (Å²) in [5.41, 5.74) is 0.535. The third-order valence-electron chi connectivity index (χ3n) is 2.80. The molecule has 0 amide bonds. The van der Waals surface area contributed by atoms with Crippen LogP contribution in [0.25, 0.3) is 0 Å². The zero-order valence-corrected chi connectivity index (χ0v) is 10.6. The third kappa shape index (κ3) is 3.41. The van der Waals surface area contributed by atoms with E-state index in [1.54, 1.807) is 0 Å². The van der Waals surface area contributed by atoms with E-state index in [4.69, 9.17) is 9.47 Å². The van der Waals surface area contributed by atoms with Gasteiger partial charge in [0.25, 0.3) is 0 Å². The van der Waals surface area contributed by atoms with E-state index in [9.17, 15) is 9.50 Å². The number of rotatable bonds is 4. The topological polar surface area (TPSA) is 50.7 Å². The summed E-state index contributed by atoms with van der Waals surface area (Å²) >= 11 is 0. The Kier molecular flexibility index (Phi) is 3.85. The Morgan fingerprint density at radius 2 is 2.28 bits per heavy atom. The van der Waals surface area contributed by atoms with Crippen molar-refractivity contribution < 1.29 is 19.0 Å². The van der Waals surface area contributed by atoms with Crippen LogP contribution in [0.15, 0.2) is 18.2 Å². The minimum atomic E-state index is -0.534. The highest BCUT2D eigenvalue weighted by Gasteiger charge is 2.32. The molecule has 1 unspecified atom stereocenters. The van der Waals surface area contributed by atoms with Crippen LogP contribution >= 0.6 is 0 Å². The third-order valence-corrected chi connectivity index (χ3v) is 2.80. The molecule has 2 rings (SSSR count). The van der Waals surface area contributed by atoms with Crippen LogP contribution in [0.3, 0.4) is 0 Å². The Balaban J connectivity index is 1.80. The smallest absolute Gasteiger partial charge is 0.163 e. The lowest BCUT2D eigenvalue weighted by Crippen LogP contribution is -2.30. The van der Waals surface area contributed by atoms with Gasteiger partial charge in [0.2, 0.25) is 0 Å². The minimum absolute atomic E-state index is 0.0179. The zero-order valence-electron chi connectivity index (χ0n) is 10.6. The van der Waals surface area contributed by atoms with Gasteiger partial charge in [-0.3, -0.25) is 0 Å². The lowest BCUT2D eigenvalue weighted by Gasteiger charge is -2.17. The predicted molar refractivity (Wildman–Crippen MR) is 64.7 cm³/mol. The first-order valence-electron chi connectivity index (χ1n) is 5.96. The second kappa shape index (κ2) is 5.22. The van der Waals surface area contributed by atoms with Crippen LogP contribution in [0.1, 0.15) is 19.4 Å². The number of phenolic OH excluding ortho intramolecular Hbond substituents is 1. The second-order valence-electron chi connectivity index (χ2n) is 4.85. The fraction of sp³-hybridized carbons (Fsp3) is 0.538. The molecule has 1 aromatic carbocycles. The summed E-state index contributed by atoms with van der Waals surface area (Å²) in [6, 6.07) is 3.90. The molecule has 0 bridgehead atoms. The van der Waals surface area contributed by atoms with E-state index in [2.05, 4.69) is 5.32 Å². The lowest BCUT2D eigenvalue weighted by atomic mass is 10.2. The molecule has 1 aromatic rings. The summed E-state index contributed by atoms with van der Waals surface area (Å²) in [6.07, 6.45) is -0.0179. The van der Waals surface area contributed by atoms with Crippen LogP contribution in [-0.2, 0) is 16.0 Å². The van der Waals surface area contributed by atoms with Crippen molar-refractivity contribution in [1.29, 1.82) is 0 Å². The van der Waals surface area contributed by atoms with Crippen molar-refractivity contribution in [2.75, 3.05) is 13.2 Å². The molecule has 1 aliphatic rings. The van der Waals surface area contributed by atoms with Gasteiger partial charge in [-0.25, -0.2) is 4.39 Å². The minimum Gasteiger partial charge on any atom is -0.508 e. The van der Waals surface area contributed by atoms with Crippen LogP contribution in [0.2, 0.25) is 0 Å². The molecule has 0 saturated carbocycles. The molecular weight excluding hydrogens is 237 g/mol. The summed E-state index contributed by atoms with van der Waals surface area (Å²) in [4.78, 5) is 0. The molecule has 0 aliphatic carbocycles. The first-order valence-corrected chi connectivity index (χ1v) is 5.96. The molecule has 18 heavy (non-hydrogen) atoms. The molecule has 100 valence electrons. The van der Waals surface area contributed by atoms with E-state index in [-0.39, 0.29) is 17.7 Å². The fourth-order valence-electron chi connectivity index (χ4n) is 1.93. The molecular formula is C13H18FNO3. The maximum Gasteiger partial charge on any atom is 0.163 e. The van der Waals surface area contributed by atoms with Gasteiger partial charge in [0.15, 0.2) is 5.79 Å². The molecule has 5 heteroatoms.